The Balaban J connectivity index is 2.09. The first kappa shape index (κ1) is 14.5. The van der Waals surface area contributed by atoms with Crippen LogP contribution in [-0.2, 0) is 16.0 Å². The second-order valence-electron chi connectivity index (χ2n) is 5.34. The van der Waals surface area contributed by atoms with Gasteiger partial charge in [-0.15, -0.1) is 0 Å². The molecule has 0 aliphatic carbocycles. The van der Waals surface area contributed by atoms with Gasteiger partial charge in [0.15, 0.2) is 0 Å². The number of nitrogens with two attached hydrogens (primary N) is 1. The lowest BCUT2D eigenvalue weighted by atomic mass is 9.92. The number of benzene rings is 1. The number of amides is 2. The molecule has 1 aliphatic heterocycles. The predicted molar refractivity (Wildman–Crippen MR) is 78.2 cm³/mol. The van der Waals surface area contributed by atoms with Crippen LogP contribution < -0.4 is 16.4 Å². The highest BCUT2D eigenvalue weighted by atomic mass is 16.2. The number of piperidine rings is 1. The zero-order valence-electron chi connectivity index (χ0n) is 11.7. The van der Waals surface area contributed by atoms with Crippen LogP contribution >= 0.6 is 0 Å². The van der Waals surface area contributed by atoms with Gasteiger partial charge in [0.05, 0.1) is 12.5 Å². The lowest BCUT2D eigenvalue weighted by molar-refractivity contribution is -0.120. The molecule has 2 unspecified atom stereocenters. The summed E-state index contributed by atoms with van der Waals surface area (Å²) in [7, 11) is 0. The number of carbonyl (C=O) groups is 2. The van der Waals surface area contributed by atoms with Gasteiger partial charge in [0, 0.05) is 5.69 Å². The van der Waals surface area contributed by atoms with Crippen LogP contribution in [0.3, 0.4) is 0 Å². The molecule has 0 spiro atoms. The Bertz CT molecular complexity index is 502. The van der Waals surface area contributed by atoms with Crippen molar-refractivity contribution in [1.29, 1.82) is 0 Å². The molecule has 5 nitrogen and oxygen atoms in total. The molecular weight excluding hydrogens is 254 g/mol. The number of hydrogen-bond donors (Lipinski definition) is 3. The minimum atomic E-state index is -0.407. The van der Waals surface area contributed by atoms with E-state index in [0.717, 1.165) is 24.9 Å². The molecule has 5 heteroatoms. The van der Waals surface area contributed by atoms with Crippen LogP contribution in [0.25, 0.3) is 0 Å². The van der Waals surface area contributed by atoms with E-state index in [2.05, 4.69) is 17.6 Å². The zero-order valence-corrected chi connectivity index (χ0v) is 11.7. The summed E-state index contributed by atoms with van der Waals surface area (Å²) in [5.41, 5.74) is 6.63. The van der Waals surface area contributed by atoms with E-state index in [-0.39, 0.29) is 18.4 Å². The van der Waals surface area contributed by atoms with Crippen molar-refractivity contribution in [2.75, 3.05) is 11.9 Å². The van der Waals surface area contributed by atoms with Crippen molar-refractivity contribution in [2.24, 2.45) is 11.7 Å². The first-order chi connectivity index (χ1) is 9.58. The SMILES string of the molecule is CC1CCCNC1C(=O)Nc1ccccc1CC(N)=O. The highest BCUT2D eigenvalue weighted by Gasteiger charge is 2.27. The summed E-state index contributed by atoms with van der Waals surface area (Å²) in [5, 5.41) is 6.15. The van der Waals surface area contributed by atoms with Gasteiger partial charge in [-0.3, -0.25) is 9.59 Å². The van der Waals surface area contributed by atoms with E-state index in [1.165, 1.54) is 0 Å². The second kappa shape index (κ2) is 6.52. The summed E-state index contributed by atoms with van der Waals surface area (Å²) in [4.78, 5) is 23.4. The lowest BCUT2D eigenvalue weighted by Crippen LogP contribution is -2.48. The molecule has 1 aromatic carbocycles. The molecule has 0 radical (unpaired) electrons. The van der Waals surface area contributed by atoms with E-state index < -0.39 is 5.91 Å². The summed E-state index contributed by atoms with van der Waals surface area (Å²) in [6.07, 6.45) is 2.28. The molecule has 4 N–H and O–H groups in total. The molecule has 20 heavy (non-hydrogen) atoms. The Labute approximate surface area is 118 Å². The molecule has 0 saturated carbocycles. The van der Waals surface area contributed by atoms with Crippen LogP contribution in [0.15, 0.2) is 24.3 Å². The zero-order chi connectivity index (χ0) is 14.5. The van der Waals surface area contributed by atoms with Crippen LogP contribution in [0.4, 0.5) is 5.69 Å². The largest absolute Gasteiger partial charge is 0.369 e. The van der Waals surface area contributed by atoms with Gasteiger partial charge in [0.25, 0.3) is 0 Å². The number of primary amides is 1. The van der Waals surface area contributed by atoms with Crippen molar-refractivity contribution >= 4 is 17.5 Å². The fourth-order valence-corrected chi connectivity index (χ4v) is 2.60. The number of rotatable bonds is 4. The first-order valence-electron chi connectivity index (χ1n) is 6.98. The van der Waals surface area contributed by atoms with Gasteiger partial charge in [-0.05, 0) is 36.9 Å². The molecule has 108 valence electrons. The predicted octanol–water partition coefficient (Wildman–Crippen LogP) is 1.04. The highest BCUT2D eigenvalue weighted by Crippen LogP contribution is 2.20. The third-order valence-electron chi connectivity index (χ3n) is 3.69. The van der Waals surface area contributed by atoms with Crippen molar-refractivity contribution in [3.63, 3.8) is 0 Å². The van der Waals surface area contributed by atoms with Crippen molar-refractivity contribution < 1.29 is 9.59 Å². The highest BCUT2D eigenvalue weighted by molar-refractivity contribution is 5.96. The second-order valence-corrected chi connectivity index (χ2v) is 5.34. The summed E-state index contributed by atoms with van der Waals surface area (Å²) >= 11 is 0. The number of anilines is 1. The quantitative estimate of drug-likeness (QED) is 0.767. The van der Waals surface area contributed by atoms with E-state index in [9.17, 15) is 9.59 Å². The van der Waals surface area contributed by atoms with E-state index in [4.69, 9.17) is 5.73 Å². The average molecular weight is 275 g/mol. The molecule has 0 bridgehead atoms. The average Bonchev–Trinajstić information content (AvgIpc) is 2.41. The van der Waals surface area contributed by atoms with Gasteiger partial charge in [-0.2, -0.15) is 0 Å². The van der Waals surface area contributed by atoms with Crippen molar-refractivity contribution in [1.82, 2.24) is 5.32 Å². The molecule has 2 atom stereocenters. The molecule has 1 fully saturated rings. The summed E-state index contributed by atoms with van der Waals surface area (Å²) < 4.78 is 0. The van der Waals surface area contributed by atoms with Crippen LogP contribution in [0, 0.1) is 5.92 Å². The minimum Gasteiger partial charge on any atom is -0.369 e. The lowest BCUT2D eigenvalue weighted by Gasteiger charge is -2.29. The van der Waals surface area contributed by atoms with Crippen LogP contribution in [-0.4, -0.2) is 24.4 Å². The number of para-hydroxylation sites is 1. The minimum absolute atomic E-state index is 0.0471. The molecular formula is C15H21N3O2. The Morgan fingerprint density at radius 1 is 1.40 bits per heavy atom. The standard InChI is InChI=1S/C15H21N3O2/c1-10-5-4-8-17-14(10)15(20)18-12-7-3-2-6-11(12)9-13(16)19/h2-3,6-7,10,14,17H,4-5,8-9H2,1H3,(H2,16,19)(H,18,20). The van der Waals surface area contributed by atoms with Gasteiger partial charge < -0.3 is 16.4 Å². The molecule has 1 saturated heterocycles. The third-order valence-corrected chi connectivity index (χ3v) is 3.69. The van der Waals surface area contributed by atoms with Gasteiger partial charge in [0.2, 0.25) is 11.8 Å². The number of hydrogen-bond acceptors (Lipinski definition) is 3. The van der Waals surface area contributed by atoms with Gasteiger partial charge in [-0.25, -0.2) is 0 Å². The Kier molecular flexibility index (Phi) is 4.74. The van der Waals surface area contributed by atoms with Gasteiger partial charge in [0.1, 0.15) is 0 Å². The molecule has 1 aliphatic rings. The van der Waals surface area contributed by atoms with Gasteiger partial charge in [-0.1, -0.05) is 25.1 Å². The van der Waals surface area contributed by atoms with Gasteiger partial charge >= 0.3 is 0 Å². The van der Waals surface area contributed by atoms with Crippen LogP contribution in [0.2, 0.25) is 0 Å². The van der Waals surface area contributed by atoms with E-state index >= 15 is 0 Å². The van der Waals surface area contributed by atoms with Crippen LogP contribution in [0.1, 0.15) is 25.3 Å². The fourth-order valence-electron chi connectivity index (χ4n) is 2.60. The number of carbonyl (C=O) groups excluding carboxylic acids is 2. The van der Waals surface area contributed by atoms with Crippen LogP contribution in [0.5, 0.6) is 0 Å². The maximum atomic E-state index is 12.3. The fraction of sp³-hybridized carbons (Fsp3) is 0.467. The van der Waals surface area contributed by atoms with Crippen molar-refractivity contribution in [3.8, 4) is 0 Å². The van der Waals surface area contributed by atoms with E-state index in [1.54, 1.807) is 12.1 Å². The van der Waals surface area contributed by atoms with Crippen molar-refractivity contribution in [3.05, 3.63) is 29.8 Å². The number of nitrogens with one attached hydrogen (secondary N) is 2. The Morgan fingerprint density at radius 3 is 2.85 bits per heavy atom. The first-order valence-corrected chi connectivity index (χ1v) is 6.98. The molecule has 2 amide bonds. The molecule has 2 rings (SSSR count). The molecule has 1 aromatic rings. The van der Waals surface area contributed by atoms with Crippen molar-refractivity contribution in [2.45, 2.75) is 32.2 Å². The molecule has 1 heterocycles. The topological polar surface area (TPSA) is 84.2 Å². The maximum absolute atomic E-state index is 12.3. The summed E-state index contributed by atoms with van der Waals surface area (Å²) in [6.45, 7) is 2.94. The molecule has 0 aromatic heterocycles. The third kappa shape index (κ3) is 3.57. The smallest absolute Gasteiger partial charge is 0.241 e. The normalized spacial score (nSPS) is 22.2. The summed E-state index contributed by atoms with van der Waals surface area (Å²) in [6, 6.07) is 7.08. The van der Waals surface area contributed by atoms with E-state index in [1.807, 2.05) is 12.1 Å². The summed E-state index contributed by atoms with van der Waals surface area (Å²) in [5.74, 6) is -0.142. The maximum Gasteiger partial charge on any atom is 0.241 e. The monoisotopic (exact) mass is 275 g/mol. The Morgan fingerprint density at radius 2 is 2.15 bits per heavy atom. The van der Waals surface area contributed by atoms with E-state index in [0.29, 0.717) is 11.6 Å². The Hall–Kier alpha value is -1.88.